The molecule has 4 aliphatic rings. The summed E-state index contributed by atoms with van der Waals surface area (Å²) in [5.74, 6) is 1.53. The molecule has 2 saturated carbocycles. The SMILES string of the molecule is CN=C(NCC1(CCO)CCOC1)NC1C2CCOC2C12CCCC2.I. The summed E-state index contributed by atoms with van der Waals surface area (Å²) in [6.45, 7) is 3.45. The Hall–Kier alpha value is -0.120. The first-order valence-electron chi connectivity index (χ1n) is 10.0. The van der Waals surface area contributed by atoms with Crippen LogP contribution in [0.25, 0.3) is 0 Å². The molecule has 2 heterocycles. The van der Waals surface area contributed by atoms with Crippen molar-refractivity contribution in [2.45, 2.75) is 57.1 Å². The third-order valence-electron chi connectivity index (χ3n) is 7.26. The lowest BCUT2D eigenvalue weighted by Crippen LogP contribution is -2.69. The van der Waals surface area contributed by atoms with Gasteiger partial charge < -0.3 is 25.2 Å². The summed E-state index contributed by atoms with van der Waals surface area (Å²) in [4.78, 5) is 4.48. The second-order valence-electron chi connectivity index (χ2n) is 8.51. The maximum Gasteiger partial charge on any atom is 0.191 e. The van der Waals surface area contributed by atoms with Crippen molar-refractivity contribution in [3.63, 3.8) is 0 Å². The zero-order chi connectivity index (χ0) is 17.3. The highest BCUT2D eigenvalue weighted by molar-refractivity contribution is 14.0. The van der Waals surface area contributed by atoms with Gasteiger partial charge in [-0.05, 0) is 32.1 Å². The molecule has 3 N–H and O–H groups in total. The number of aliphatic hydroxyl groups excluding tert-OH is 1. The number of halogens is 1. The fourth-order valence-corrected chi connectivity index (χ4v) is 5.83. The highest BCUT2D eigenvalue weighted by atomic mass is 127. The van der Waals surface area contributed by atoms with Gasteiger partial charge in [-0.2, -0.15) is 0 Å². The van der Waals surface area contributed by atoms with Gasteiger partial charge in [-0.25, -0.2) is 0 Å². The summed E-state index contributed by atoms with van der Waals surface area (Å²) in [6.07, 6.45) is 8.64. The highest BCUT2D eigenvalue weighted by Crippen LogP contribution is 2.60. The zero-order valence-electron chi connectivity index (χ0n) is 15.8. The number of fused-ring (bicyclic) bond motifs is 2. The molecule has 2 saturated heterocycles. The van der Waals surface area contributed by atoms with Crippen LogP contribution in [0.1, 0.15) is 44.9 Å². The molecule has 4 fully saturated rings. The Bertz CT molecular complexity index is 504. The van der Waals surface area contributed by atoms with E-state index in [1.165, 1.54) is 32.1 Å². The smallest absolute Gasteiger partial charge is 0.191 e. The van der Waals surface area contributed by atoms with Gasteiger partial charge in [0.1, 0.15) is 0 Å². The molecule has 26 heavy (non-hydrogen) atoms. The number of ether oxygens (including phenoxy) is 2. The normalized spacial score (nSPS) is 37.9. The summed E-state index contributed by atoms with van der Waals surface area (Å²) in [6, 6.07) is 0.488. The molecule has 6 nitrogen and oxygen atoms in total. The number of hydrogen-bond donors (Lipinski definition) is 3. The Morgan fingerprint density at radius 3 is 2.69 bits per heavy atom. The number of aliphatic imine (C=N–C) groups is 1. The van der Waals surface area contributed by atoms with Crippen molar-refractivity contribution in [2.24, 2.45) is 21.7 Å². The lowest BCUT2D eigenvalue weighted by molar-refractivity contribution is -0.125. The molecule has 4 atom stereocenters. The Morgan fingerprint density at radius 1 is 1.23 bits per heavy atom. The van der Waals surface area contributed by atoms with Gasteiger partial charge in [-0.1, -0.05) is 12.8 Å². The van der Waals surface area contributed by atoms with Crippen LogP contribution in [0.3, 0.4) is 0 Å². The number of aliphatic hydroxyl groups is 1. The van der Waals surface area contributed by atoms with E-state index in [1.54, 1.807) is 0 Å². The van der Waals surface area contributed by atoms with Crippen molar-refractivity contribution >= 4 is 29.9 Å². The molecule has 0 bridgehead atoms. The Morgan fingerprint density at radius 2 is 2.04 bits per heavy atom. The van der Waals surface area contributed by atoms with Crippen LogP contribution in [0, 0.1) is 16.7 Å². The first-order chi connectivity index (χ1) is 12.2. The summed E-state index contributed by atoms with van der Waals surface area (Å²) in [5, 5.41) is 16.7. The van der Waals surface area contributed by atoms with Gasteiger partial charge in [-0.3, -0.25) is 4.99 Å². The second-order valence-corrected chi connectivity index (χ2v) is 8.51. The number of hydrogen-bond acceptors (Lipinski definition) is 4. The van der Waals surface area contributed by atoms with Crippen LogP contribution in [0.4, 0.5) is 0 Å². The Labute approximate surface area is 173 Å². The van der Waals surface area contributed by atoms with Crippen LogP contribution >= 0.6 is 24.0 Å². The van der Waals surface area contributed by atoms with Crippen LogP contribution in [-0.2, 0) is 9.47 Å². The van der Waals surface area contributed by atoms with Gasteiger partial charge in [-0.15, -0.1) is 24.0 Å². The lowest BCUT2D eigenvalue weighted by Gasteiger charge is -2.57. The van der Waals surface area contributed by atoms with Gasteiger partial charge in [0.15, 0.2) is 5.96 Å². The molecule has 4 rings (SSSR count). The van der Waals surface area contributed by atoms with E-state index in [9.17, 15) is 5.11 Å². The maximum absolute atomic E-state index is 9.41. The van der Waals surface area contributed by atoms with Gasteiger partial charge >= 0.3 is 0 Å². The summed E-state index contributed by atoms with van der Waals surface area (Å²) in [5.41, 5.74) is 0.369. The summed E-state index contributed by atoms with van der Waals surface area (Å²) >= 11 is 0. The zero-order valence-corrected chi connectivity index (χ0v) is 18.2. The maximum atomic E-state index is 9.41. The molecule has 2 aliphatic heterocycles. The van der Waals surface area contributed by atoms with Crippen molar-refractivity contribution in [1.29, 1.82) is 0 Å². The number of guanidine groups is 1. The van der Waals surface area contributed by atoms with Gasteiger partial charge in [0, 0.05) is 56.2 Å². The van der Waals surface area contributed by atoms with Crippen molar-refractivity contribution in [2.75, 3.05) is 40.0 Å². The minimum atomic E-state index is 0. The predicted molar refractivity (Wildman–Crippen MR) is 112 cm³/mol. The number of nitrogens with zero attached hydrogens (tertiary/aromatic N) is 1. The van der Waals surface area contributed by atoms with E-state index in [0.717, 1.165) is 45.2 Å². The van der Waals surface area contributed by atoms with E-state index >= 15 is 0 Å². The van der Waals surface area contributed by atoms with Crippen molar-refractivity contribution in [1.82, 2.24) is 10.6 Å². The van der Waals surface area contributed by atoms with Gasteiger partial charge in [0.05, 0.1) is 12.7 Å². The van der Waals surface area contributed by atoms with Crippen molar-refractivity contribution < 1.29 is 14.6 Å². The third-order valence-corrected chi connectivity index (χ3v) is 7.26. The molecule has 1 spiro atoms. The molecule has 0 aromatic heterocycles. The lowest BCUT2D eigenvalue weighted by atomic mass is 9.54. The molecule has 0 aromatic carbocycles. The molecular formula is C19H34IN3O3. The summed E-state index contributed by atoms with van der Waals surface area (Å²) < 4.78 is 11.7. The fraction of sp³-hybridized carbons (Fsp3) is 0.947. The van der Waals surface area contributed by atoms with Gasteiger partial charge in [0.25, 0.3) is 0 Å². The van der Waals surface area contributed by atoms with Crippen LogP contribution in [-0.4, -0.2) is 63.2 Å². The molecule has 0 amide bonds. The van der Waals surface area contributed by atoms with E-state index in [2.05, 4.69) is 15.6 Å². The van der Waals surface area contributed by atoms with E-state index in [1.807, 2.05) is 7.05 Å². The number of rotatable bonds is 5. The van der Waals surface area contributed by atoms with E-state index < -0.39 is 0 Å². The molecule has 0 aromatic rings. The molecule has 4 unspecified atom stereocenters. The average Bonchev–Trinajstić information content (AvgIpc) is 3.35. The molecule has 7 heteroatoms. The minimum absolute atomic E-state index is 0. The standard InChI is InChI=1S/C19H33N3O3.HI/c1-20-17(21-12-18(7-9-23)8-11-24-13-18)22-15-14-4-10-25-16(14)19(15)5-2-3-6-19;/h14-16,23H,2-13H2,1H3,(H2,20,21,22);1H. The molecule has 2 aliphatic carbocycles. The Balaban J connectivity index is 0.00000196. The van der Waals surface area contributed by atoms with Crippen molar-refractivity contribution in [3.05, 3.63) is 0 Å². The van der Waals surface area contributed by atoms with Gasteiger partial charge in [0.2, 0.25) is 0 Å². The molecule has 0 radical (unpaired) electrons. The van der Waals surface area contributed by atoms with Crippen LogP contribution in [0.15, 0.2) is 4.99 Å². The first-order valence-corrected chi connectivity index (χ1v) is 10.0. The first kappa shape index (κ1) is 20.6. The largest absolute Gasteiger partial charge is 0.396 e. The molecule has 150 valence electrons. The van der Waals surface area contributed by atoms with Crippen LogP contribution in [0.5, 0.6) is 0 Å². The summed E-state index contributed by atoms with van der Waals surface area (Å²) in [7, 11) is 1.85. The van der Waals surface area contributed by atoms with Crippen LogP contribution in [0.2, 0.25) is 0 Å². The number of nitrogens with one attached hydrogen (secondary N) is 2. The quantitative estimate of drug-likeness (QED) is 0.319. The van der Waals surface area contributed by atoms with Crippen molar-refractivity contribution in [3.8, 4) is 0 Å². The van der Waals surface area contributed by atoms with E-state index in [-0.39, 0.29) is 36.0 Å². The molecular weight excluding hydrogens is 445 g/mol. The monoisotopic (exact) mass is 479 g/mol. The third kappa shape index (κ3) is 3.49. The topological polar surface area (TPSA) is 75.1 Å². The highest BCUT2D eigenvalue weighted by Gasteiger charge is 2.65. The fourth-order valence-electron chi connectivity index (χ4n) is 5.83. The van der Waals surface area contributed by atoms with E-state index in [0.29, 0.717) is 23.5 Å². The van der Waals surface area contributed by atoms with Crippen LogP contribution < -0.4 is 10.6 Å². The Kier molecular flexibility index (Phi) is 6.73. The average molecular weight is 479 g/mol. The minimum Gasteiger partial charge on any atom is -0.396 e. The second kappa shape index (κ2) is 8.49. The predicted octanol–water partition coefficient (Wildman–Crippen LogP) is 1.91. The van der Waals surface area contributed by atoms with E-state index in [4.69, 9.17) is 9.47 Å².